The summed E-state index contributed by atoms with van der Waals surface area (Å²) in [6.45, 7) is 7.64. The van der Waals surface area contributed by atoms with Gasteiger partial charge in [0.1, 0.15) is 24.1 Å². The van der Waals surface area contributed by atoms with Crippen molar-refractivity contribution >= 4 is 22.7 Å². The zero-order valence-electron chi connectivity index (χ0n) is 18.2. The number of piperidine rings is 1. The Bertz CT molecular complexity index is 1100. The average Bonchev–Trinajstić information content (AvgIpc) is 3.36. The Morgan fingerprint density at radius 1 is 1.23 bits per heavy atom. The highest BCUT2D eigenvalue weighted by atomic mass is 16.5. The molecular weight excluding hydrogens is 394 g/mol. The van der Waals surface area contributed by atoms with Gasteiger partial charge in [-0.25, -0.2) is 0 Å². The van der Waals surface area contributed by atoms with Crippen molar-refractivity contribution in [3.8, 4) is 5.75 Å². The number of carbonyl (C=O) groups is 2. The maximum absolute atomic E-state index is 12.8. The van der Waals surface area contributed by atoms with Crippen molar-refractivity contribution in [2.45, 2.75) is 51.7 Å². The van der Waals surface area contributed by atoms with Crippen molar-refractivity contribution in [3.05, 3.63) is 47.9 Å². The summed E-state index contributed by atoms with van der Waals surface area (Å²) < 4.78 is 8.10. The average molecular weight is 424 g/mol. The highest BCUT2D eigenvalue weighted by molar-refractivity contribution is 5.92. The van der Waals surface area contributed by atoms with E-state index in [9.17, 15) is 9.59 Å². The van der Waals surface area contributed by atoms with Gasteiger partial charge in [-0.15, -0.1) is 0 Å². The quantitative estimate of drug-likeness (QED) is 0.658. The highest BCUT2D eigenvalue weighted by Crippen LogP contribution is 2.29. The molecule has 1 saturated heterocycles. The van der Waals surface area contributed by atoms with Gasteiger partial charge in [-0.3, -0.25) is 14.7 Å². The Morgan fingerprint density at radius 3 is 2.61 bits per heavy atom. The van der Waals surface area contributed by atoms with Gasteiger partial charge in [-0.2, -0.15) is 5.10 Å². The molecule has 0 spiro atoms. The first-order valence-electron chi connectivity index (χ1n) is 10.6. The third-order valence-electron chi connectivity index (χ3n) is 5.73. The second-order valence-corrected chi connectivity index (χ2v) is 9.13. The van der Waals surface area contributed by atoms with Gasteiger partial charge in [0, 0.05) is 48.6 Å². The molecule has 3 N–H and O–H groups in total. The molecule has 1 aromatic carbocycles. The fourth-order valence-corrected chi connectivity index (χ4v) is 3.94. The summed E-state index contributed by atoms with van der Waals surface area (Å²) >= 11 is 0. The third-order valence-corrected chi connectivity index (χ3v) is 5.73. The Labute approximate surface area is 181 Å². The van der Waals surface area contributed by atoms with Crippen LogP contribution >= 0.6 is 0 Å². The predicted octanol–water partition coefficient (Wildman–Crippen LogP) is 2.83. The SMILES string of the molecule is CC(C)(C)c1cc(C(=O)N2CCC(Oc3cccc4c3ccn4CC(N)=O)CC2)n[nH]1. The van der Waals surface area contributed by atoms with Gasteiger partial charge in [0.25, 0.3) is 5.91 Å². The van der Waals surface area contributed by atoms with Crippen LogP contribution in [0.25, 0.3) is 10.9 Å². The zero-order valence-corrected chi connectivity index (χ0v) is 18.2. The number of nitrogens with two attached hydrogens (primary N) is 1. The zero-order chi connectivity index (χ0) is 22.2. The molecule has 1 aliphatic heterocycles. The van der Waals surface area contributed by atoms with Crippen molar-refractivity contribution in [1.29, 1.82) is 0 Å². The maximum atomic E-state index is 12.8. The van der Waals surface area contributed by atoms with Crippen LogP contribution in [0.5, 0.6) is 5.75 Å². The molecule has 8 nitrogen and oxygen atoms in total. The molecule has 4 rings (SSSR count). The first-order chi connectivity index (χ1) is 14.7. The molecular formula is C23H29N5O3. The van der Waals surface area contributed by atoms with Crippen molar-refractivity contribution in [3.63, 3.8) is 0 Å². The summed E-state index contributed by atoms with van der Waals surface area (Å²) in [5.41, 5.74) is 7.58. The van der Waals surface area contributed by atoms with Crippen molar-refractivity contribution in [2.75, 3.05) is 13.1 Å². The monoisotopic (exact) mass is 423 g/mol. The van der Waals surface area contributed by atoms with Gasteiger partial charge in [-0.05, 0) is 24.3 Å². The summed E-state index contributed by atoms with van der Waals surface area (Å²) in [7, 11) is 0. The van der Waals surface area contributed by atoms with E-state index in [4.69, 9.17) is 10.5 Å². The van der Waals surface area contributed by atoms with E-state index >= 15 is 0 Å². The number of ether oxygens (including phenoxy) is 1. The molecule has 1 aliphatic rings. The number of amides is 2. The van der Waals surface area contributed by atoms with E-state index in [0.29, 0.717) is 18.8 Å². The molecule has 1 fully saturated rings. The van der Waals surface area contributed by atoms with Gasteiger partial charge in [-0.1, -0.05) is 26.8 Å². The molecule has 0 bridgehead atoms. The molecule has 0 radical (unpaired) electrons. The maximum Gasteiger partial charge on any atom is 0.274 e. The molecule has 3 heterocycles. The van der Waals surface area contributed by atoms with E-state index in [0.717, 1.165) is 35.2 Å². The molecule has 0 saturated carbocycles. The second kappa shape index (κ2) is 8.09. The number of likely N-dealkylation sites (tertiary alicyclic amines) is 1. The van der Waals surface area contributed by atoms with E-state index in [1.807, 2.05) is 46.0 Å². The normalized spacial score (nSPS) is 15.4. The minimum atomic E-state index is -0.382. The van der Waals surface area contributed by atoms with Crippen LogP contribution in [0, 0.1) is 0 Å². The number of fused-ring (bicyclic) bond motifs is 1. The van der Waals surface area contributed by atoms with Crippen LogP contribution in [-0.2, 0) is 16.8 Å². The minimum absolute atomic E-state index is 0.0264. The van der Waals surface area contributed by atoms with Crippen LogP contribution in [0.15, 0.2) is 36.5 Å². The second-order valence-electron chi connectivity index (χ2n) is 9.13. The molecule has 0 atom stereocenters. The van der Waals surface area contributed by atoms with Crippen LogP contribution < -0.4 is 10.5 Å². The fraction of sp³-hybridized carbons (Fsp3) is 0.435. The van der Waals surface area contributed by atoms with Crippen molar-refractivity contribution in [2.24, 2.45) is 5.73 Å². The number of hydrogen-bond donors (Lipinski definition) is 2. The first kappa shape index (κ1) is 21.0. The number of nitrogens with one attached hydrogen (secondary N) is 1. The number of aromatic nitrogens is 3. The van der Waals surface area contributed by atoms with E-state index in [1.54, 1.807) is 0 Å². The highest BCUT2D eigenvalue weighted by Gasteiger charge is 2.27. The summed E-state index contributed by atoms with van der Waals surface area (Å²) in [5.74, 6) is 0.357. The van der Waals surface area contributed by atoms with Gasteiger partial charge in [0.15, 0.2) is 0 Å². The molecule has 2 amide bonds. The topological polar surface area (TPSA) is 106 Å². The van der Waals surface area contributed by atoms with Gasteiger partial charge < -0.3 is 19.9 Å². The Kier molecular flexibility index (Phi) is 5.47. The first-order valence-corrected chi connectivity index (χ1v) is 10.6. The molecule has 31 heavy (non-hydrogen) atoms. The van der Waals surface area contributed by atoms with Gasteiger partial charge in [0.05, 0.1) is 5.52 Å². The lowest BCUT2D eigenvalue weighted by Crippen LogP contribution is -2.42. The Balaban J connectivity index is 1.39. The van der Waals surface area contributed by atoms with E-state index in [2.05, 4.69) is 31.0 Å². The number of hydrogen-bond acceptors (Lipinski definition) is 4. The lowest BCUT2D eigenvalue weighted by atomic mass is 9.92. The standard InChI is InChI=1S/C23H29N5O3/c1-23(2,3)20-13-17(25-26-20)22(30)27-10-7-15(8-11-27)31-19-6-4-5-18-16(19)9-12-28(18)14-21(24)29/h4-6,9,12-13,15H,7-8,10-11,14H2,1-3H3,(H2,24,29)(H,25,26). The van der Waals surface area contributed by atoms with Gasteiger partial charge in [0.2, 0.25) is 5.91 Å². The van der Waals surface area contributed by atoms with Crippen LogP contribution in [0.4, 0.5) is 0 Å². The molecule has 164 valence electrons. The van der Waals surface area contributed by atoms with Crippen molar-refractivity contribution in [1.82, 2.24) is 19.7 Å². The van der Waals surface area contributed by atoms with E-state index < -0.39 is 0 Å². The van der Waals surface area contributed by atoms with Crippen molar-refractivity contribution < 1.29 is 14.3 Å². The van der Waals surface area contributed by atoms with Crippen LogP contribution in [-0.4, -0.2) is 50.7 Å². The Morgan fingerprint density at radius 2 is 1.97 bits per heavy atom. The number of H-pyrrole nitrogens is 1. The number of rotatable bonds is 5. The van der Waals surface area contributed by atoms with Gasteiger partial charge >= 0.3 is 0 Å². The largest absolute Gasteiger partial charge is 0.490 e. The molecule has 2 aromatic heterocycles. The molecule has 0 aliphatic carbocycles. The predicted molar refractivity (Wildman–Crippen MR) is 118 cm³/mol. The number of primary amides is 1. The van der Waals surface area contributed by atoms with E-state index in [-0.39, 0.29) is 29.9 Å². The van der Waals surface area contributed by atoms with Crippen LogP contribution in [0.1, 0.15) is 49.8 Å². The number of nitrogens with zero attached hydrogens (tertiary/aromatic N) is 3. The Hall–Kier alpha value is -3.29. The lowest BCUT2D eigenvalue weighted by molar-refractivity contribution is -0.118. The smallest absolute Gasteiger partial charge is 0.274 e. The summed E-state index contributed by atoms with van der Waals surface area (Å²) in [6.07, 6.45) is 3.37. The van der Waals surface area contributed by atoms with Crippen LogP contribution in [0.3, 0.4) is 0 Å². The molecule has 3 aromatic rings. The number of aromatic amines is 1. The third kappa shape index (κ3) is 4.42. The lowest BCUT2D eigenvalue weighted by Gasteiger charge is -2.32. The summed E-state index contributed by atoms with van der Waals surface area (Å²) in [4.78, 5) is 26.0. The van der Waals surface area contributed by atoms with E-state index in [1.165, 1.54) is 0 Å². The molecule has 0 unspecified atom stereocenters. The number of benzene rings is 1. The number of carbonyl (C=O) groups excluding carboxylic acids is 2. The summed E-state index contributed by atoms with van der Waals surface area (Å²) in [6, 6.07) is 9.59. The minimum Gasteiger partial charge on any atom is -0.490 e. The molecule has 8 heteroatoms. The van der Waals surface area contributed by atoms with Crippen LogP contribution in [0.2, 0.25) is 0 Å². The summed E-state index contributed by atoms with van der Waals surface area (Å²) in [5, 5.41) is 8.16. The fourth-order valence-electron chi connectivity index (χ4n) is 3.94.